The van der Waals surface area contributed by atoms with Crippen LogP contribution >= 0.6 is 0 Å². The fraction of sp³-hybridized carbons (Fsp3) is 0.909. The second-order valence-electron chi connectivity index (χ2n) is 5.22. The van der Waals surface area contributed by atoms with Crippen LogP contribution in [0.5, 0.6) is 0 Å². The SMILES string of the molecule is CC(C)(C)C(N)C(=O)NCC1CCCO1. The first-order valence-electron chi connectivity index (χ1n) is 5.56. The maximum Gasteiger partial charge on any atom is 0.237 e. The van der Waals surface area contributed by atoms with Crippen LogP contribution in [0, 0.1) is 5.41 Å². The van der Waals surface area contributed by atoms with Gasteiger partial charge < -0.3 is 15.8 Å². The van der Waals surface area contributed by atoms with E-state index in [-0.39, 0.29) is 17.4 Å². The molecule has 0 aromatic heterocycles. The van der Waals surface area contributed by atoms with Crippen LogP contribution in [0.25, 0.3) is 0 Å². The number of carbonyl (C=O) groups is 1. The minimum absolute atomic E-state index is 0.0852. The minimum Gasteiger partial charge on any atom is -0.376 e. The Labute approximate surface area is 91.5 Å². The molecule has 0 saturated carbocycles. The second-order valence-corrected chi connectivity index (χ2v) is 5.22. The van der Waals surface area contributed by atoms with Gasteiger partial charge in [-0.3, -0.25) is 4.79 Å². The number of carbonyl (C=O) groups excluding carboxylic acids is 1. The van der Waals surface area contributed by atoms with E-state index in [0.717, 1.165) is 19.4 Å². The van der Waals surface area contributed by atoms with E-state index in [1.165, 1.54) is 0 Å². The molecule has 0 radical (unpaired) electrons. The largest absolute Gasteiger partial charge is 0.376 e. The molecular formula is C11H22N2O2. The molecule has 1 saturated heterocycles. The molecule has 1 heterocycles. The van der Waals surface area contributed by atoms with Gasteiger partial charge in [0.2, 0.25) is 5.91 Å². The summed E-state index contributed by atoms with van der Waals surface area (Å²) < 4.78 is 5.41. The third-order valence-corrected chi connectivity index (χ3v) is 2.74. The number of hydrogen-bond donors (Lipinski definition) is 2. The molecular weight excluding hydrogens is 192 g/mol. The van der Waals surface area contributed by atoms with Gasteiger partial charge in [0.15, 0.2) is 0 Å². The molecule has 3 N–H and O–H groups in total. The molecule has 2 unspecified atom stereocenters. The monoisotopic (exact) mass is 214 g/mol. The zero-order chi connectivity index (χ0) is 11.5. The summed E-state index contributed by atoms with van der Waals surface area (Å²) in [5, 5.41) is 2.84. The van der Waals surface area contributed by atoms with Gasteiger partial charge in [0, 0.05) is 13.2 Å². The average molecular weight is 214 g/mol. The summed E-state index contributed by atoms with van der Waals surface area (Å²) in [5.41, 5.74) is 5.63. The van der Waals surface area contributed by atoms with Crippen LogP contribution in [0.3, 0.4) is 0 Å². The standard InChI is InChI=1S/C11H22N2O2/c1-11(2,3)9(12)10(14)13-7-8-5-4-6-15-8/h8-9H,4-7,12H2,1-3H3,(H,13,14). The fourth-order valence-corrected chi connectivity index (χ4v) is 1.52. The Balaban J connectivity index is 2.29. The van der Waals surface area contributed by atoms with Gasteiger partial charge in [-0.2, -0.15) is 0 Å². The lowest BCUT2D eigenvalue weighted by molar-refractivity contribution is -0.125. The molecule has 0 spiro atoms. The van der Waals surface area contributed by atoms with Crippen molar-refractivity contribution in [3.8, 4) is 0 Å². The van der Waals surface area contributed by atoms with Crippen LogP contribution in [-0.2, 0) is 9.53 Å². The Hall–Kier alpha value is -0.610. The molecule has 1 rings (SSSR count). The quantitative estimate of drug-likeness (QED) is 0.725. The number of hydrogen-bond acceptors (Lipinski definition) is 3. The van der Waals surface area contributed by atoms with Crippen molar-refractivity contribution in [3.05, 3.63) is 0 Å². The highest BCUT2D eigenvalue weighted by Gasteiger charge is 2.28. The van der Waals surface area contributed by atoms with Crippen molar-refractivity contribution in [1.29, 1.82) is 0 Å². The molecule has 4 heteroatoms. The van der Waals surface area contributed by atoms with Gasteiger partial charge in [0.25, 0.3) is 0 Å². The van der Waals surface area contributed by atoms with E-state index in [1.807, 2.05) is 20.8 Å². The number of amides is 1. The maximum atomic E-state index is 11.7. The van der Waals surface area contributed by atoms with E-state index in [0.29, 0.717) is 6.54 Å². The second kappa shape index (κ2) is 4.94. The van der Waals surface area contributed by atoms with Gasteiger partial charge in [0.05, 0.1) is 12.1 Å². The van der Waals surface area contributed by atoms with Crippen LogP contribution in [0.1, 0.15) is 33.6 Å². The van der Waals surface area contributed by atoms with E-state index in [9.17, 15) is 4.79 Å². The molecule has 1 aliphatic heterocycles. The highest BCUT2D eigenvalue weighted by Crippen LogP contribution is 2.17. The van der Waals surface area contributed by atoms with E-state index in [1.54, 1.807) is 0 Å². The third-order valence-electron chi connectivity index (χ3n) is 2.74. The van der Waals surface area contributed by atoms with E-state index in [4.69, 9.17) is 10.5 Å². The fourth-order valence-electron chi connectivity index (χ4n) is 1.52. The molecule has 1 aliphatic rings. The first kappa shape index (κ1) is 12.5. The first-order valence-corrected chi connectivity index (χ1v) is 5.56. The predicted molar refractivity (Wildman–Crippen MR) is 59.4 cm³/mol. The van der Waals surface area contributed by atoms with E-state index >= 15 is 0 Å². The Kier molecular flexibility index (Phi) is 4.11. The van der Waals surface area contributed by atoms with Crippen molar-refractivity contribution < 1.29 is 9.53 Å². The summed E-state index contributed by atoms with van der Waals surface area (Å²) in [6.07, 6.45) is 2.30. The van der Waals surface area contributed by atoms with Crippen molar-refractivity contribution in [1.82, 2.24) is 5.32 Å². The minimum atomic E-state index is -0.459. The molecule has 0 aromatic carbocycles. The predicted octanol–water partition coefficient (Wildman–Crippen LogP) is 0.655. The van der Waals surface area contributed by atoms with Crippen molar-refractivity contribution in [3.63, 3.8) is 0 Å². The average Bonchev–Trinajstić information content (AvgIpc) is 2.63. The molecule has 0 bridgehead atoms. The third kappa shape index (κ3) is 3.80. The van der Waals surface area contributed by atoms with Crippen LogP contribution in [-0.4, -0.2) is 31.2 Å². The lowest BCUT2D eigenvalue weighted by atomic mass is 9.87. The number of ether oxygens (including phenoxy) is 1. The summed E-state index contributed by atoms with van der Waals surface area (Å²) in [5.74, 6) is -0.0852. The number of nitrogens with one attached hydrogen (secondary N) is 1. The summed E-state index contributed by atoms with van der Waals surface area (Å²) in [6.45, 7) is 7.28. The van der Waals surface area contributed by atoms with Crippen molar-refractivity contribution in [2.24, 2.45) is 11.1 Å². The van der Waals surface area contributed by atoms with E-state index in [2.05, 4.69) is 5.32 Å². The number of nitrogens with two attached hydrogens (primary N) is 1. The summed E-state index contributed by atoms with van der Waals surface area (Å²) in [7, 11) is 0. The molecule has 4 nitrogen and oxygen atoms in total. The van der Waals surface area contributed by atoms with Crippen LogP contribution in [0.2, 0.25) is 0 Å². The number of rotatable bonds is 3. The van der Waals surface area contributed by atoms with Crippen molar-refractivity contribution in [2.45, 2.75) is 45.8 Å². The summed E-state index contributed by atoms with van der Waals surface area (Å²) in [4.78, 5) is 11.7. The van der Waals surface area contributed by atoms with Gasteiger partial charge in [-0.05, 0) is 18.3 Å². The first-order chi connectivity index (χ1) is 6.91. The Morgan fingerprint density at radius 1 is 1.60 bits per heavy atom. The van der Waals surface area contributed by atoms with E-state index < -0.39 is 6.04 Å². The normalized spacial score (nSPS) is 23.9. The van der Waals surface area contributed by atoms with Gasteiger partial charge in [-0.1, -0.05) is 20.8 Å². The Bertz CT molecular complexity index is 217. The highest BCUT2D eigenvalue weighted by atomic mass is 16.5. The van der Waals surface area contributed by atoms with Gasteiger partial charge in [-0.15, -0.1) is 0 Å². The van der Waals surface area contributed by atoms with Crippen molar-refractivity contribution in [2.75, 3.05) is 13.2 Å². The smallest absolute Gasteiger partial charge is 0.237 e. The molecule has 0 aliphatic carbocycles. The Morgan fingerprint density at radius 3 is 2.73 bits per heavy atom. The maximum absolute atomic E-state index is 11.7. The summed E-state index contributed by atoms with van der Waals surface area (Å²) >= 11 is 0. The molecule has 1 amide bonds. The molecule has 88 valence electrons. The highest BCUT2D eigenvalue weighted by molar-refractivity contribution is 5.82. The summed E-state index contributed by atoms with van der Waals surface area (Å²) in [6, 6.07) is -0.459. The molecule has 15 heavy (non-hydrogen) atoms. The van der Waals surface area contributed by atoms with Crippen molar-refractivity contribution >= 4 is 5.91 Å². The van der Waals surface area contributed by atoms with Crippen LogP contribution in [0.15, 0.2) is 0 Å². The van der Waals surface area contributed by atoms with Gasteiger partial charge >= 0.3 is 0 Å². The zero-order valence-electron chi connectivity index (χ0n) is 9.88. The zero-order valence-corrected chi connectivity index (χ0v) is 9.88. The van der Waals surface area contributed by atoms with Crippen LogP contribution < -0.4 is 11.1 Å². The topological polar surface area (TPSA) is 64.4 Å². The lowest BCUT2D eigenvalue weighted by Crippen LogP contribution is -2.50. The molecule has 1 fully saturated rings. The molecule has 0 aromatic rings. The van der Waals surface area contributed by atoms with Gasteiger partial charge in [0.1, 0.15) is 0 Å². The lowest BCUT2D eigenvalue weighted by Gasteiger charge is -2.26. The Morgan fingerprint density at radius 2 is 2.27 bits per heavy atom. The van der Waals surface area contributed by atoms with Gasteiger partial charge in [-0.25, -0.2) is 0 Å². The van der Waals surface area contributed by atoms with Crippen LogP contribution in [0.4, 0.5) is 0 Å². The molecule has 2 atom stereocenters.